The highest BCUT2D eigenvalue weighted by Gasteiger charge is 2.26. The number of nitrogens with zero attached hydrogens (tertiary/aromatic N) is 2. The largest absolute Gasteiger partial charge is 0.389 e. The summed E-state index contributed by atoms with van der Waals surface area (Å²) < 4.78 is 5.44. The minimum atomic E-state index is -0.345. The zero-order chi connectivity index (χ0) is 13.0. The van der Waals surface area contributed by atoms with Crippen molar-refractivity contribution in [3.8, 4) is 0 Å². The summed E-state index contributed by atoms with van der Waals surface area (Å²) in [6.45, 7) is 11.0. The molecule has 18 heavy (non-hydrogen) atoms. The number of β-amino-alcohol motifs (C(OH)–C–C–N with tert-alkyl or cyclic N) is 1. The first kappa shape index (κ1) is 14.3. The smallest absolute Gasteiger partial charge is 0.0900 e. The molecule has 0 aromatic heterocycles. The van der Waals surface area contributed by atoms with Crippen LogP contribution in [0.2, 0.25) is 0 Å². The van der Waals surface area contributed by atoms with Gasteiger partial charge in [0.15, 0.2) is 0 Å². The van der Waals surface area contributed by atoms with Gasteiger partial charge in [-0.05, 0) is 32.6 Å². The maximum Gasteiger partial charge on any atom is 0.0900 e. The predicted octanol–water partition coefficient (Wildman–Crippen LogP) is 0.800. The zero-order valence-corrected chi connectivity index (χ0v) is 11.8. The molecule has 1 heterocycles. The van der Waals surface area contributed by atoms with E-state index in [0.717, 1.165) is 38.6 Å². The molecule has 2 aliphatic rings. The van der Waals surface area contributed by atoms with E-state index in [1.54, 1.807) is 0 Å². The van der Waals surface area contributed by atoms with Crippen LogP contribution < -0.4 is 0 Å². The molecule has 106 valence electrons. The molecule has 1 aliphatic carbocycles. The Morgan fingerprint density at radius 2 is 1.72 bits per heavy atom. The maximum atomic E-state index is 9.89. The van der Waals surface area contributed by atoms with Crippen LogP contribution in [0, 0.1) is 5.92 Å². The topological polar surface area (TPSA) is 35.9 Å². The van der Waals surface area contributed by atoms with Crippen LogP contribution in [0.3, 0.4) is 0 Å². The Labute approximate surface area is 111 Å². The maximum absolute atomic E-state index is 9.89. The second kappa shape index (κ2) is 6.85. The number of ether oxygens (including phenoxy) is 1. The third-order valence-corrected chi connectivity index (χ3v) is 3.77. The van der Waals surface area contributed by atoms with Crippen molar-refractivity contribution in [1.82, 2.24) is 9.80 Å². The lowest BCUT2D eigenvalue weighted by atomic mass is 10.2. The molecule has 1 atom stereocenters. The van der Waals surface area contributed by atoms with Crippen molar-refractivity contribution in [2.75, 3.05) is 45.9 Å². The Morgan fingerprint density at radius 3 is 2.28 bits per heavy atom. The molecular weight excluding hydrogens is 228 g/mol. The van der Waals surface area contributed by atoms with Crippen LogP contribution in [0.15, 0.2) is 0 Å². The minimum Gasteiger partial charge on any atom is -0.389 e. The Bertz CT molecular complexity index is 236. The fourth-order valence-corrected chi connectivity index (χ4v) is 2.47. The van der Waals surface area contributed by atoms with Crippen molar-refractivity contribution in [3.05, 3.63) is 0 Å². The van der Waals surface area contributed by atoms with E-state index in [0.29, 0.717) is 6.61 Å². The molecular formula is C14H28N2O2. The number of aliphatic hydroxyl groups excluding tert-OH is 1. The third-order valence-electron chi connectivity index (χ3n) is 3.77. The van der Waals surface area contributed by atoms with Gasteiger partial charge in [0.25, 0.3) is 0 Å². The summed E-state index contributed by atoms with van der Waals surface area (Å²) in [6.07, 6.45) is 2.73. The van der Waals surface area contributed by atoms with E-state index in [1.165, 1.54) is 19.4 Å². The Kier molecular flexibility index (Phi) is 5.42. The Morgan fingerprint density at radius 1 is 1.11 bits per heavy atom. The van der Waals surface area contributed by atoms with E-state index in [9.17, 15) is 5.11 Å². The van der Waals surface area contributed by atoms with Crippen molar-refractivity contribution in [3.63, 3.8) is 0 Å². The van der Waals surface area contributed by atoms with Gasteiger partial charge in [0.2, 0.25) is 0 Å². The summed E-state index contributed by atoms with van der Waals surface area (Å²) in [7, 11) is 0. The van der Waals surface area contributed by atoms with E-state index in [4.69, 9.17) is 4.74 Å². The summed E-state index contributed by atoms with van der Waals surface area (Å²) in [5, 5.41) is 9.89. The molecule has 1 saturated carbocycles. The van der Waals surface area contributed by atoms with Crippen LogP contribution in [0.5, 0.6) is 0 Å². The van der Waals surface area contributed by atoms with Crippen molar-refractivity contribution < 1.29 is 9.84 Å². The summed E-state index contributed by atoms with van der Waals surface area (Å²) in [5.74, 6) is 0.988. The summed E-state index contributed by atoms with van der Waals surface area (Å²) in [6, 6.07) is 0. The average molecular weight is 256 g/mol. The van der Waals surface area contributed by atoms with Crippen LogP contribution in [-0.4, -0.2) is 73.0 Å². The minimum absolute atomic E-state index is 0.204. The highest BCUT2D eigenvalue weighted by Crippen LogP contribution is 2.29. The van der Waals surface area contributed by atoms with Gasteiger partial charge in [-0.3, -0.25) is 4.90 Å². The highest BCUT2D eigenvalue weighted by molar-refractivity contribution is 4.81. The molecule has 0 bridgehead atoms. The summed E-state index contributed by atoms with van der Waals surface area (Å²) >= 11 is 0. The van der Waals surface area contributed by atoms with Gasteiger partial charge >= 0.3 is 0 Å². The monoisotopic (exact) mass is 256 g/mol. The standard InChI is InChI=1S/C14H28N2O2/c1-12(2)18-11-14(17)10-16-7-5-15(6-8-16)9-13-3-4-13/h12-14,17H,3-11H2,1-2H3. The number of aliphatic hydroxyl groups is 1. The second-order valence-electron chi connectivity index (χ2n) is 6.08. The number of piperazine rings is 1. The molecule has 1 saturated heterocycles. The van der Waals surface area contributed by atoms with Gasteiger partial charge in [-0.25, -0.2) is 0 Å². The molecule has 0 spiro atoms. The van der Waals surface area contributed by atoms with Gasteiger partial charge in [-0.1, -0.05) is 0 Å². The molecule has 0 aromatic rings. The van der Waals surface area contributed by atoms with E-state index in [1.807, 2.05) is 13.8 Å². The van der Waals surface area contributed by atoms with Crippen LogP contribution in [0.1, 0.15) is 26.7 Å². The number of hydrogen-bond acceptors (Lipinski definition) is 4. The van der Waals surface area contributed by atoms with Gasteiger partial charge in [0, 0.05) is 39.3 Å². The molecule has 4 nitrogen and oxygen atoms in total. The predicted molar refractivity (Wildman–Crippen MR) is 72.7 cm³/mol. The van der Waals surface area contributed by atoms with Crippen LogP contribution in [-0.2, 0) is 4.74 Å². The molecule has 0 amide bonds. The molecule has 1 N–H and O–H groups in total. The molecule has 2 rings (SSSR count). The normalized spacial score (nSPS) is 24.7. The lowest BCUT2D eigenvalue weighted by Gasteiger charge is -2.35. The summed E-state index contributed by atoms with van der Waals surface area (Å²) in [4.78, 5) is 4.93. The number of hydrogen-bond donors (Lipinski definition) is 1. The molecule has 0 radical (unpaired) electrons. The van der Waals surface area contributed by atoms with Crippen molar-refractivity contribution in [2.24, 2.45) is 5.92 Å². The van der Waals surface area contributed by atoms with Gasteiger partial charge in [0.05, 0.1) is 18.8 Å². The van der Waals surface area contributed by atoms with E-state index >= 15 is 0 Å². The SMILES string of the molecule is CC(C)OCC(O)CN1CCN(CC2CC2)CC1. The summed E-state index contributed by atoms with van der Waals surface area (Å²) in [5.41, 5.74) is 0. The average Bonchev–Trinajstić information content (AvgIpc) is 3.13. The van der Waals surface area contributed by atoms with E-state index in [2.05, 4.69) is 9.80 Å². The van der Waals surface area contributed by atoms with Gasteiger partial charge in [0.1, 0.15) is 0 Å². The van der Waals surface area contributed by atoms with E-state index < -0.39 is 0 Å². The van der Waals surface area contributed by atoms with Crippen LogP contribution in [0.25, 0.3) is 0 Å². The highest BCUT2D eigenvalue weighted by atomic mass is 16.5. The second-order valence-corrected chi connectivity index (χ2v) is 6.08. The van der Waals surface area contributed by atoms with Crippen LogP contribution in [0.4, 0.5) is 0 Å². The first-order chi connectivity index (χ1) is 8.63. The first-order valence-corrected chi connectivity index (χ1v) is 7.38. The fraction of sp³-hybridized carbons (Fsp3) is 1.00. The van der Waals surface area contributed by atoms with Gasteiger partial charge in [-0.15, -0.1) is 0 Å². The lowest BCUT2D eigenvalue weighted by Crippen LogP contribution is -2.49. The van der Waals surface area contributed by atoms with Gasteiger partial charge < -0.3 is 14.7 Å². The molecule has 0 aromatic carbocycles. The van der Waals surface area contributed by atoms with E-state index in [-0.39, 0.29) is 12.2 Å². The fourth-order valence-electron chi connectivity index (χ4n) is 2.47. The molecule has 2 fully saturated rings. The zero-order valence-electron chi connectivity index (χ0n) is 11.8. The molecule has 1 unspecified atom stereocenters. The molecule has 4 heteroatoms. The third kappa shape index (κ3) is 5.22. The van der Waals surface area contributed by atoms with Crippen molar-refractivity contribution in [2.45, 2.75) is 38.9 Å². The van der Waals surface area contributed by atoms with Crippen LogP contribution >= 0.6 is 0 Å². The molecule has 1 aliphatic heterocycles. The first-order valence-electron chi connectivity index (χ1n) is 7.38. The van der Waals surface area contributed by atoms with Crippen molar-refractivity contribution >= 4 is 0 Å². The Balaban J connectivity index is 1.57. The number of rotatable bonds is 7. The van der Waals surface area contributed by atoms with Gasteiger partial charge in [-0.2, -0.15) is 0 Å². The quantitative estimate of drug-likeness (QED) is 0.731. The lowest BCUT2D eigenvalue weighted by molar-refractivity contribution is -0.0146. The van der Waals surface area contributed by atoms with Crippen molar-refractivity contribution in [1.29, 1.82) is 0 Å². The Hall–Kier alpha value is -0.160.